The van der Waals surface area contributed by atoms with E-state index >= 15 is 0 Å². The molecule has 0 bridgehead atoms. The third kappa shape index (κ3) is 4.43. The van der Waals surface area contributed by atoms with Crippen LogP contribution < -0.4 is 5.73 Å². The van der Waals surface area contributed by atoms with E-state index in [0.29, 0.717) is 12.1 Å². The van der Waals surface area contributed by atoms with Crippen molar-refractivity contribution >= 4 is 10.1 Å². The summed E-state index contributed by atoms with van der Waals surface area (Å²) in [6, 6.07) is 4.12. The number of hydrogen-bond donors (Lipinski definition) is 3. The Hall–Kier alpha value is -1.37. The zero-order chi connectivity index (χ0) is 12.8. The highest BCUT2D eigenvalue weighted by atomic mass is 32.2. The van der Waals surface area contributed by atoms with Crippen LogP contribution in [0.25, 0.3) is 0 Å². The Bertz CT molecular complexity index is 454. The molecule has 0 unspecified atom stereocenters. The molecule has 0 aliphatic carbocycles. The average Bonchev–Trinajstić information content (AvgIpc) is 2.21. The van der Waals surface area contributed by atoms with Crippen LogP contribution in [0.1, 0.15) is 5.56 Å². The van der Waals surface area contributed by atoms with Gasteiger partial charge >= 0.3 is 0 Å². The van der Waals surface area contributed by atoms with E-state index in [1.54, 1.807) is 19.1 Å². The van der Waals surface area contributed by atoms with Crippen molar-refractivity contribution in [2.45, 2.75) is 11.8 Å². The van der Waals surface area contributed by atoms with Crippen LogP contribution in [0.2, 0.25) is 0 Å². The number of aromatic hydroxyl groups is 1. The molecule has 0 spiro atoms. The van der Waals surface area contributed by atoms with Gasteiger partial charge in [-0.25, -0.2) is 0 Å². The summed E-state index contributed by atoms with van der Waals surface area (Å²) >= 11 is 0. The summed E-state index contributed by atoms with van der Waals surface area (Å²) in [5.74, 6) is -0.403. The van der Waals surface area contributed by atoms with Gasteiger partial charge < -0.3 is 10.8 Å². The highest BCUT2D eigenvalue weighted by Gasteiger charge is 2.15. The molecule has 16 heavy (non-hydrogen) atoms. The molecule has 1 aromatic carbocycles. The monoisotopic (exact) mass is 245 g/mol. The molecule has 0 saturated carbocycles. The van der Waals surface area contributed by atoms with Gasteiger partial charge in [-0.2, -0.15) is 8.42 Å². The van der Waals surface area contributed by atoms with Gasteiger partial charge in [0.15, 0.2) is 0 Å². The first kappa shape index (κ1) is 14.6. The summed E-state index contributed by atoms with van der Waals surface area (Å²) in [6.07, 6.45) is 1.65. The highest BCUT2D eigenvalue weighted by Crippen LogP contribution is 2.25. The second-order valence-corrected chi connectivity index (χ2v) is 4.31. The van der Waals surface area contributed by atoms with Crippen molar-refractivity contribution in [2.24, 2.45) is 5.73 Å². The maximum atomic E-state index is 10.6. The fourth-order valence-electron chi connectivity index (χ4n) is 0.840. The number of phenolic OH excluding ortho intramolecular Hbond substituents is 1. The van der Waals surface area contributed by atoms with Crippen molar-refractivity contribution in [3.05, 3.63) is 36.4 Å². The lowest BCUT2D eigenvalue weighted by Crippen LogP contribution is -1.98. The molecule has 0 aliphatic heterocycles. The van der Waals surface area contributed by atoms with E-state index in [-0.39, 0.29) is 0 Å². The van der Waals surface area contributed by atoms with Crippen LogP contribution in [0, 0.1) is 6.92 Å². The number of aryl methyl sites for hydroxylation is 1. The maximum absolute atomic E-state index is 10.6. The normalized spacial score (nSPS) is 10.2. The van der Waals surface area contributed by atoms with Gasteiger partial charge in [-0.1, -0.05) is 18.2 Å². The van der Waals surface area contributed by atoms with Gasteiger partial charge in [-0.3, -0.25) is 4.55 Å². The molecule has 0 fully saturated rings. The Morgan fingerprint density at radius 1 is 1.50 bits per heavy atom. The first-order valence-corrected chi connectivity index (χ1v) is 5.85. The zero-order valence-electron chi connectivity index (χ0n) is 8.92. The van der Waals surface area contributed by atoms with Crippen molar-refractivity contribution < 1.29 is 18.1 Å². The fraction of sp³-hybridized carbons (Fsp3) is 0.200. The number of para-hydroxylation sites is 1. The lowest BCUT2D eigenvalue weighted by molar-refractivity contribution is 0.440. The Labute approximate surface area is 95.0 Å². The summed E-state index contributed by atoms with van der Waals surface area (Å²) in [5.41, 5.74) is 5.32. The second-order valence-electron chi connectivity index (χ2n) is 2.92. The minimum atomic E-state index is -4.31. The van der Waals surface area contributed by atoms with E-state index in [1.807, 2.05) is 0 Å². The van der Waals surface area contributed by atoms with Crippen LogP contribution in [-0.2, 0) is 10.1 Å². The van der Waals surface area contributed by atoms with Crippen molar-refractivity contribution in [1.82, 2.24) is 0 Å². The van der Waals surface area contributed by atoms with Crippen LogP contribution >= 0.6 is 0 Å². The SMILES string of the molecule is C=CCN.Cc1cccc(S(=O)(=O)O)c1O. The average molecular weight is 245 g/mol. The summed E-state index contributed by atoms with van der Waals surface area (Å²) in [4.78, 5) is -0.456. The van der Waals surface area contributed by atoms with E-state index in [0.717, 1.165) is 6.07 Å². The molecule has 0 saturated heterocycles. The molecule has 4 N–H and O–H groups in total. The van der Waals surface area contributed by atoms with Gasteiger partial charge in [0, 0.05) is 6.54 Å². The standard InChI is InChI=1S/C7H8O4S.C3H7N/c1-5-3-2-4-6(7(5)8)12(9,10)11;1-2-3-4/h2-4,8H,1H3,(H,9,10,11);2H,1,3-4H2. The summed E-state index contributed by atoms with van der Waals surface area (Å²) in [5, 5.41) is 9.19. The van der Waals surface area contributed by atoms with Gasteiger partial charge in [0.05, 0.1) is 0 Å². The predicted octanol–water partition coefficient (Wildman–Crippen LogP) is 1.08. The van der Waals surface area contributed by atoms with E-state index in [1.165, 1.54) is 6.07 Å². The Balaban J connectivity index is 0.000000487. The minimum absolute atomic E-state index is 0.403. The molecule has 5 nitrogen and oxygen atoms in total. The van der Waals surface area contributed by atoms with Crippen molar-refractivity contribution in [3.8, 4) is 5.75 Å². The van der Waals surface area contributed by atoms with E-state index < -0.39 is 20.8 Å². The molecular formula is C10H15NO4S. The van der Waals surface area contributed by atoms with Gasteiger partial charge in [0.25, 0.3) is 10.1 Å². The molecular weight excluding hydrogens is 230 g/mol. The van der Waals surface area contributed by atoms with Gasteiger partial charge in [0.2, 0.25) is 0 Å². The zero-order valence-corrected chi connectivity index (χ0v) is 9.74. The lowest BCUT2D eigenvalue weighted by Gasteiger charge is -2.02. The number of hydrogen-bond acceptors (Lipinski definition) is 4. The highest BCUT2D eigenvalue weighted by molar-refractivity contribution is 7.86. The number of rotatable bonds is 2. The van der Waals surface area contributed by atoms with E-state index in [4.69, 9.17) is 10.3 Å². The van der Waals surface area contributed by atoms with Crippen LogP contribution in [0.15, 0.2) is 35.7 Å². The van der Waals surface area contributed by atoms with Gasteiger partial charge in [0.1, 0.15) is 10.6 Å². The van der Waals surface area contributed by atoms with E-state index in [2.05, 4.69) is 6.58 Å². The fourth-order valence-corrected chi connectivity index (χ4v) is 1.50. The van der Waals surface area contributed by atoms with Crippen LogP contribution in [0.5, 0.6) is 5.75 Å². The first-order chi connectivity index (χ1) is 7.34. The number of nitrogens with two attached hydrogens (primary N) is 1. The third-order valence-corrected chi connectivity index (χ3v) is 2.53. The topological polar surface area (TPSA) is 101 Å². The second kappa shape index (κ2) is 6.26. The van der Waals surface area contributed by atoms with Gasteiger partial charge in [-0.15, -0.1) is 6.58 Å². The molecule has 90 valence electrons. The molecule has 0 aromatic heterocycles. The van der Waals surface area contributed by atoms with Crippen molar-refractivity contribution in [3.63, 3.8) is 0 Å². The molecule has 0 aliphatic rings. The molecule has 1 aromatic rings. The van der Waals surface area contributed by atoms with Crippen LogP contribution in [0.3, 0.4) is 0 Å². The lowest BCUT2D eigenvalue weighted by atomic mass is 10.2. The smallest absolute Gasteiger partial charge is 0.298 e. The molecule has 0 heterocycles. The summed E-state index contributed by atoms with van der Waals surface area (Å²) in [7, 11) is -4.31. The molecule has 1 rings (SSSR count). The molecule has 0 radical (unpaired) electrons. The Morgan fingerprint density at radius 2 is 2.00 bits per heavy atom. The number of phenols is 1. The summed E-state index contributed by atoms with van der Waals surface area (Å²) < 4.78 is 29.8. The van der Waals surface area contributed by atoms with Crippen molar-refractivity contribution in [2.75, 3.05) is 6.54 Å². The largest absolute Gasteiger partial charge is 0.506 e. The molecule has 0 atom stereocenters. The third-order valence-electron chi connectivity index (χ3n) is 1.65. The Morgan fingerprint density at radius 3 is 2.31 bits per heavy atom. The first-order valence-electron chi connectivity index (χ1n) is 4.41. The van der Waals surface area contributed by atoms with Gasteiger partial charge in [-0.05, 0) is 18.6 Å². The van der Waals surface area contributed by atoms with Crippen molar-refractivity contribution in [1.29, 1.82) is 0 Å². The number of benzene rings is 1. The maximum Gasteiger partial charge on any atom is 0.298 e. The Kier molecular flexibility index (Phi) is 5.73. The molecule has 0 amide bonds. The van der Waals surface area contributed by atoms with E-state index in [9.17, 15) is 13.5 Å². The predicted molar refractivity (Wildman–Crippen MR) is 61.9 cm³/mol. The van der Waals surface area contributed by atoms with Crippen LogP contribution in [-0.4, -0.2) is 24.6 Å². The minimum Gasteiger partial charge on any atom is -0.506 e. The molecule has 6 heteroatoms. The quantitative estimate of drug-likeness (QED) is 0.534. The summed E-state index contributed by atoms with van der Waals surface area (Å²) in [6.45, 7) is 5.48. The van der Waals surface area contributed by atoms with Crippen LogP contribution in [0.4, 0.5) is 0 Å².